The van der Waals surface area contributed by atoms with Gasteiger partial charge in [0.05, 0.1) is 4.92 Å². The molecule has 7 heteroatoms. The minimum atomic E-state index is -0.502. The molecule has 1 atom stereocenters. The normalized spacial score (nSPS) is 11.5. The van der Waals surface area contributed by atoms with Gasteiger partial charge in [-0.05, 0) is 41.1 Å². The van der Waals surface area contributed by atoms with Gasteiger partial charge in [0.25, 0.3) is 5.69 Å². The highest BCUT2D eigenvalue weighted by Gasteiger charge is 2.15. The fourth-order valence-corrected chi connectivity index (χ4v) is 2.29. The summed E-state index contributed by atoms with van der Waals surface area (Å²) in [5, 5.41) is 16.5. The van der Waals surface area contributed by atoms with Gasteiger partial charge in [-0.15, -0.1) is 0 Å². The molecule has 22 heavy (non-hydrogen) atoms. The molecule has 0 aliphatic rings. The molecule has 2 aromatic carbocycles. The number of nitrogens with one attached hydrogen (secondary N) is 2. The third-order valence-electron chi connectivity index (χ3n) is 2.97. The molecular weight excluding hydrogens is 350 g/mol. The second-order valence-corrected chi connectivity index (χ2v) is 5.50. The summed E-state index contributed by atoms with van der Waals surface area (Å²) < 4.78 is 0.529. The number of carbonyl (C=O) groups excluding carboxylic acids is 1. The standard InChI is InChI=1S/C15H14BrN3O3/c1-10(15(20)18-11-5-3-2-4-6-11)17-14-8-7-12(19(21)22)9-13(14)16/h2-10,17H,1H3,(H,18,20). The maximum absolute atomic E-state index is 12.1. The Bertz CT molecular complexity index is 692. The summed E-state index contributed by atoms with van der Waals surface area (Å²) in [6.07, 6.45) is 0. The molecule has 0 heterocycles. The number of hydrogen-bond donors (Lipinski definition) is 2. The van der Waals surface area contributed by atoms with Crippen molar-refractivity contribution >= 4 is 38.9 Å². The molecule has 0 aliphatic carbocycles. The number of rotatable bonds is 5. The van der Waals surface area contributed by atoms with Gasteiger partial charge in [-0.1, -0.05) is 18.2 Å². The molecule has 1 amide bonds. The van der Waals surface area contributed by atoms with Crippen molar-refractivity contribution in [1.82, 2.24) is 0 Å². The first-order valence-electron chi connectivity index (χ1n) is 6.54. The van der Waals surface area contributed by atoms with E-state index in [0.717, 1.165) is 0 Å². The first kappa shape index (κ1) is 16.0. The van der Waals surface area contributed by atoms with E-state index in [2.05, 4.69) is 26.6 Å². The number of para-hydroxylation sites is 1. The van der Waals surface area contributed by atoms with Crippen molar-refractivity contribution in [2.24, 2.45) is 0 Å². The molecule has 0 fully saturated rings. The van der Waals surface area contributed by atoms with Gasteiger partial charge in [0.15, 0.2) is 0 Å². The summed E-state index contributed by atoms with van der Waals surface area (Å²) in [6, 6.07) is 13.0. The summed E-state index contributed by atoms with van der Waals surface area (Å²) in [4.78, 5) is 22.3. The van der Waals surface area contributed by atoms with Crippen LogP contribution in [0.25, 0.3) is 0 Å². The Kier molecular flexibility index (Phi) is 5.11. The molecule has 0 saturated carbocycles. The fourth-order valence-electron chi connectivity index (χ4n) is 1.81. The minimum absolute atomic E-state index is 0.0150. The Balaban J connectivity index is 2.03. The Labute approximate surface area is 135 Å². The third-order valence-corrected chi connectivity index (χ3v) is 3.63. The molecule has 0 spiro atoms. The van der Waals surface area contributed by atoms with Gasteiger partial charge >= 0.3 is 0 Å². The van der Waals surface area contributed by atoms with Crippen molar-refractivity contribution in [3.05, 3.63) is 63.1 Å². The van der Waals surface area contributed by atoms with Gasteiger partial charge in [0.1, 0.15) is 6.04 Å². The molecule has 2 rings (SSSR count). The summed E-state index contributed by atoms with van der Waals surface area (Å²) in [5.74, 6) is -0.198. The lowest BCUT2D eigenvalue weighted by Crippen LogP contribution is -2.31. The first-order valence-corrected chi connectivity index (χ1v) is 7.33. The number of anilines is 2. The Morgan fingerprint density at radius 1 is 1.23 bits per heavy atom. The van der Waals surface area contributed by atoms with Crippen LogP contribution in [-0.2, 0) is 4.79 Å². The van der Waals surface area contributed by atoms with Crippen molar-refractivity contribution in [3.63, 3.8) is 0 Å². The highest BCUT2D eigenvalue weighted by atomic mass is 79.9. The van der Waals surface area contributed by atoms with E-state index in [0.29, 0.717) is 15.8 Å². The van der Waals surface area contributed by atoms with Crippen molar-refractivity contribution in [2.45, 2.75) is 13.0 Å². The second-order valence-electron chi connectivity index (χ2n) is 4.64. The molecule has 0 aliphatic heterocycles. The van der Waals surface area contributed by atoms with Crippen LogP contribution in [0.3, 0.4) is 0 Å². The second kappa shape index (κ2) is 7.04. The number of amides is 1. The predicted octanol–water partition coefficient (Wildman–Crippen LogP) is 3.80. The van der Waals surface area contributed by atoms with Gasteiger partial charge in [-0.25, -0.2) is 0 Å². The van der Waals surface area contributed by atoms with E-state index >= 15 is 0 Å². The quantitative estimate of drug-likeness (QED) is 0.624. The highest BCUT2D eigenvalue weighted by molar-refractivity contribution is 9.10. The summed E-state index contributed by atoms with van der Waals surface area (Å²) in [6.45, 7) is 1.71. The maximum Gasteiger partial charge on any atom is 0.270 e. The topological polar surface area (TPSA) is 84.3 Å². The molecule has 0 bridgehead atoms. The van der Waals surface area contributed by atoms with E-state index in [4.69, 9.17) is 0 Å². The van der Waals surface area contributed by atoms with Crippen molar-refractivity contribution < 1.29 is 9.72 Å². The number of benzene rings is 2. The van der Waals surface area contributed by atoms with Crippen LogP contribution in [0.15, 0.2) is 53.0 Å². The molecule has 114 valence electrons. The lowest BCUT2D eigenvalue weighted by molar-refractivity contribution is -0.384. The zero-order valence-electron chi connectivity index (χ0n) is 11.7. The minimum Gasteiger partial charge on any atom is -0.373 e. The number of non-ortho nitro benzene ring substituents is 1. The average Bonchev–Trinajstić information content (AvgIpc) is 2.50. The van der Waals surface area contributed by atoms with E-state index < -0.39 is 11.0 Å². The Morgan fingerprint density at radius 2 is 1.91 bits per heavy atom. The maximum atomic E-state index is 12.1. The zero-order chi connectivity index (χ0) is 16.1. The summed E-state index contributed by atoms with van der Waals surface area (Å²) >= 11 is 3.26. The lowest BCUT2D eigenvalue weighted by Gasteiger charge is -2.16. The van der Waals surface area contributed by atoms with Gasteiger partial charge < -0.3 is 10.6 Å². The SMILES string of the molecule is CC(Nc1ccc([N+](=O)[O-])cc1Br)C(=O)Nc1ccccc1. The van der Waals surface area contributed by atoms with Gasteiger partial charge in [0.2, 0.25) is 5.91 Å². The largest absolute Gasteiger partial charge is 0.373 e. The first-order chi connectivity index (χ1) is 10.5. The molecule has 2 aromatic rings. The monoisotopic (exact) mass is 363 g/mol. The van der Waals surface area contributed by atoms with Crippen LogP contribution in [0, 0.1) is 10.1 Å². The van der Waals surface area contributed by atoms with E-state index in [9.17, 15) is 14.9 Å². The van der Waals surface area contributed by atoms with Crippen LogP contribution >= 0.6 is 15.9 Å². The Morgan fingerprint density at radius 3 is 2.50 bits per heavy atom. The number of nitro benzene ring substituents is 1. The van der Waals surface area contributed by atoms with Gasteiger partial charge in [-0.2, -0.15) is 0 Å². The summed E-state index contributed by atoms with van der Waals surface area (Å²) in [5.41, 5.74) is 1.31. The molecule has 1 unspecified atom stereocenters. The molecule has 2 N–H and O–H groups in total. The highest BCUT2D eigenvalue weighted by Crippen LogP contribution is 2.27. The Hall–Kier alpha value is -2.41. The van der Waals surface area contributed by atoms with Crippen molar-refractivity contribution in [3.8, 4) is 0 Å². The van der Waals surface area contributed by atoms with Crippen LogP contribution in [0.5, 0.6) is 0 Å². The predicted molar refractivity (Wildman–Crippen MR) is 89.0 cm³/mol. The van der Waals surface area contributed by atoms with Crippen LogP contribution in [0.1, 0.15) is 6.92 Å². The van der Waals surface area contributed by atoms with E-state index in [-0.39, 0.29) is 11.6 Å². The zero-order valence-corrected chi connectivity index (χ0v) is 13.3. The van der Waals surface area contributed by atoms with Crippen molar-refractivity contribution in [1.29, 1.82) is 0 Å². The third kappa shape index (κ3) is 4.05. The molecule has 6 nitrogen and oxygen atoms in total. The number of nitro groups is 1. The summed E-state index contributed by atoms with van der Waals surface area (Å²) in [7, 11) is 0. The average molecular weight is 364 g/mol. The lowest BCUT2D eigenvalue weighted by atomic mass is 10.2. The molecule has 0 aromatic heterocycles. The van der Waals surface area contributed by atoms with E-state index in [1.807, 2.05) is 18.2 Å². The number of carbonyl (C=O) groups is 1. The van der Waals surface area contributed by atoms with Gasteiger partial charge in [-0.3, -0.25) is 14.9 Å². The number of nitrogens with zero attached hydrogens (tertiary/aromatic N) is 1. The molecule has 0 radical (unpaired) electrons. The van der Waals surface area contributed by atoms with Crippen molar-refractivity contribution in [2.75, 3.05) is 10.6 Å². The number of hydrogen-bond acceptors (Lipinski definition) is 4. The van der Waals surface area contributed by atoms with Crippen LogP contribution in [-0.4, -0.2) is 16.9 Å². The smallest absolute Gasteiger partial charge is 0.270 e. The fraction of sp³-hybridized carbons (Fsp3) is 0.133. The van der Waals surface area contributed by atoms with Crippen LogP contribution in [0.4, 0.5) is 17.1 Å². The van der Waals surface area contributed by atoms with Crippen LogP contribution < -0.4 is 10.6 Å². The molecular formula is C15H14BrN3O3. The molecule has 0 saturated heterocycles. The van der Waals surface area contributed by atoms with Gasteiger partial charge in [0, 0.05) is 28.0 Å². The van der Waals surface area contributed by atoms with E-state index in [1.165, 1.54) is 12.1 Å². The van der Waals surface area contributed by atoms with E-state index in [1.54, 1.807) is 25.1 Å². The van der Waals surface area contributed by atoms with Crippen LogP contribution in [0.2, 0.25) is 0 Å². The number of halogens is 1.